The van der Waals surface area contributed by atoms with E-state index < -0.39 is 0 Å². The predicted molar refractivity (Wildman–Crippen MR) is 139 cm³/mol. The Labute approximate surface area is 199 Å². The maximum Gasteiger partial charge on any atom is 0.124 e. The second-order valence-electron chi connectivity index (χ2n) is 8.13. The van der Waals surface area contributed by atoms with Gasteiger partial charge in [0.2, 0.25) is 0 Å². The van der Waals surface area contributed by atoms with Crippen LogP contribution in [-0.2, 0) is 0 Å². The number of aryl methyl sites for hydroxylation is 2. The zero-order valence-corrected chi connectivity index (χ0v) is 19.3. The molecule has 5 aromatic rings. The van der Waals surface area contributed by atoms with Gasteiger partial charge in [-0.1, -0.05) is 72.3 Å². The minimum Gasteiger partial charge on any atom is -0.341 e. The van der Waals surface area contributed by atoms with Crippen LogP contribution in [0.3, 0.4) is 0 Å². The van der Waals surface area contributed by atoms with Crippen LogP contribution in [0.15, 0.2) is 103 Å². The molecule has 0 spiro atoms. The zero-order chi connectivity index (χ0) is 22.8. The van der Waals surface area contributed by atoms with Gasteiger partial charge in [0.05, 0.1) is 11.0 Å². The second-order valence-corrected chi connectivity index (χ2v) is 8.56. The Balaban J connectivity index is 1.83. The summed E-state index contributed by atoms with van der Waals surface area (Å²) < 4.78 is 2.14. The first-order valence-corrected chi connectivity index (χ1v) is 11.3. The molecule has 4 heteroatoms. The number of hydrogen-bond acceptors (Lipinski definition) is 2. The van der Waals surface area contributed by atoms with Crippen LogP contribution < -0.4 is 5.32 Å². The van der Waals surface area contributed by atoms with Crippen molar-refractivity contribution in [1.82, 2.24) is 9.55 Å². The number of rotatable bonds is 5. The fourth-order valence-electron chi connectivity index (χ4n) is 4.01. The van der Waals surface area contributed by atoms with Crippen LogP contribution in [-0.4, -0.2) is 9.55 Å². The van der Waals surface area contributed by atoms with Crippen molar-refractivity contribution in [1.29, 1.82) is 0 Å². The third-order valence-electron chi connectivity index (χ3n) is 5.87. The third-order valence-corrected chi connectivity index (χ3v) is 6.12. The van der Waals surface area contributed by atoms with Crippen molar-refractivity contribution in [2.24, 2.45) is 0 Å². The molecule has 0 bridgehead atoms. The van der Waals surface area contributed by atoms with E-state index in [1.165, 1.54) is 11.1 Å². The lowest BCUT2D eigenvalue weighted by Crippen LogP contribution is -2.10. The van der Waals surface area contributed by atoms with Gasteiger partial charge in [-0.05, 0) is 72.5 Å². The predicted octanol–water partition coefficient (Wildman–Crippen LogP) is 7.79. The molecule has 3 nitrogen and oxygen atoms in total. The van der Waals surface area contributed by atoms with Crippen LogP contribution in [0, 0.1) is 13.8 Å². The number of nitrogens with one attached hydrogen (secondary N) is 1. The average Bonchev–Trinajstić information content (AvgIpc) is 3.24. The van der Waals surface area contributed by atoms with Crippen molar-refractivity contribution < 1.29 is 0 Å². The molecule has 0 aliphatic rings. The Morgan fingerprint density at radius 2 is 1.33 bits per heavy atom. The van der Waals surface area contributed by atoms with Crippen LogP contribution in [0.4, 0.5) is 5.69 Å². The van der Waals surface area contributed by atoms with Gasteiger partial charge in [-0.25, -0.2) is 4.98 Å². The molecule has 0 amide bonds. The molecule has 0 unspecified atom stereocenters. The lowest BCUT2D eigenvalue weighted by molar-refractivity contribution is 1.11. The fourth-order valence-corrected chi connectivity index (χ4v) is 4.13. The molecular formula is C29H24ClN3. The Kier molecular flexibility index (Phi) is 5.72. The minimum absolute atomic E-state index is 0.705. The van der Waals surface area contributed by atoms with Crippen molar-refractivity contribution in [3.63, 3.8) is 0 Å². The van der Waals surface area contributed by atoms with Gasteiger partial charge in [-0.3, -0.25) is 4.57 Å². The molecule has 5 rings (SSSR count). The number of halogens is 1. The number of aromatic nitrogens is 2. The smallest absolute Gasteiger partial charge is 0.124 e. The van der Waals surface area contributed by atoms with Crippen molar-refractivity contribution in [2.45, 2.75) is 13.8 Å². The molecule has 1 N–H and O–H groups in total. The molecule has 0 saturated carbocycles. The van der Waals surface area contributed by atoms with Crippen LogP contribution in [0.1, 0.15) is 22.3 Å². The van der Waals surface area contributed by atoms with E-state index in [0.29, 0.717) is 5.02 Å². The van der Waals surface area contributed by atoms with Gasteiger partial charge in [0.15, 0.2) is 0 Å². The molecule has 0 aliphatic carbocycles. The number of benzene rings is 4. The number of anilines is 1. The lowest BCUT2D eigenvalue weighted by Gasteiger charge is -2.20. The largest absolute Gasteiger partial charge is 0.341 e. The molecule has 0 radical (unpaired) electrons. The molecule has 1 aromatic heterocycles. The molecule has 0 saturated heterocycles. The standard InChI is InChI=1S/C29H24ClN3/c1-20-17-26-27(18-21(20)2)33(19-31-26)29(32-25-15-13-24(30)14-16-25)28(22-9-5-3-6-10-22)23-11-7-4-8-12-23/h3-19,32H,1-2H3. The molecule has 4 aromatic carbocycles. The third kappa shape index (κ3) is 4.28. The Morgan fingerprint density at radius 1 is 0.758 bits per heavy atom. The molecule has 0 aliphatic heterocycles. The van der Waals surface area contributed by atoms with Crippen LogP contribution in [0.25, 0.3) is 22.4 Å². The van der Waals surface area contributed by atoms with Crippen molar-refractivity contribution in [3.8, 4) is 0 Å². The van der Waals surface area contributed by atoms with E-state index in [1.807, 2.05) is 42.7 Å². The molecule has 1 heterocycles. The molecule has 162 valence electrons. The maximum absolute atomic E-state index is 6.16. The Bertz CT molecular complexity index is 1390. The van der Waals surface area contributed by atoms with E-state index >= 15 is 0 Å². The van der Waals surface area contributed by atoms with Crippen LogP contribution in [0.2, 0.25) is 5.02 Å². The summed E-state index contributed by atoms with van der Waals surface area (Å²) in [7, 11) is 0. The molecule has 0 atom stereocenters. The average molecular weight is 450 g/mol. The number of nitrogens with zero attached hydrogens (tertiary/aromatic N) is 2. The van der Waals surface area contributed by atoms with E-state index in [-0.39, 0.29) is 0 Å². The zero-order valence-electron chi connectivity index (χ0n) is 18.6. The highest BCUT2D eigenvalue weighted by atomic mass is 35.5. The first kappa shape index (κ1) is 21.0. The van der Waals surface area contributed by atoms with E-state index in [9.17, 15) is 0 Å². The van der Waals surface area contributed by atoms with Crippen molar-refractivity contribution in [2.75, 3.05) is 5.32 Å². The first-order valence-electron chi connectivity index (χ1n) is 10.9. The monoisotopic (exact) mass is 449 g/mol. The van der Waals surface area contributed by atoms with Gasteiger partial charge in [-0.15, -0.1) is 0 Å². The SMILES string of the molecule is Cc1cc2ncn(C(Nc3ccc(Cl)cc3)=C(c3ccccc3)c3ccccc3)c2cc1C. The van der Waals surface area contributed by atoms with Gasteiger partial charge in [0.25, 0.3) is 0 Å². The second kappa shape index (κ2) is 8.97. The van der Waals surface area contributed by atoms with E-state index in [4.69, 9.17) is 16.6 Å². The van der Waals surface area contributed by atoms with Gasteiger partial charge in [-0.2, -0.15) is 0 Å². The highest BCUT2D eigenvalue weighted by molar-refractivity contribution is 6.30. The quantitative estimate of drug-likeness (QED) is 0.296. The Morgan fingerprint density at radius 3 is 1.94 bits per heavy atom. The lowest BCUT2D eigenvalue weighted by atomic mass is 9.97. The van der Waals surface area contributed by atoms with Gasteiger partial charge >= 0.3 is 0 Å². The van der Waals surface area contributed by atoms with Crippen molar-refractivity contribution >= 4 is 39.7 Å². The summed E-state index contributed by atoms with van der Waals surface area (Å²) in [5.74, 6) is 0.931. The van der Waals surface area contributed by atoms with E-state index in [1.54, 1.807) is 0 Å². The fraction of sp³-hybridized carbons (Fsp3) is 0.0690. The summed E-state index contributed by atoms with van der Waals surface area (Å²) in [5.41, 5.74) is 8.75. The summed E-state index contributed by atoms with van der Waals surface area (Å²) in [6.07, 6.45) is 1.90. The summed E-state index contributed by atoms with van der Waals surface area (Å²) in [6, 6.07) is 33.0. The van der Waals surface area contributed by atoms with Crippen LogP contribution in [0.5, 0.6) is 0 Å². The van der Waals surface area contributed by atoms with E-state index in [0.717, 1.165) is 39.2 Å². The summed E-state index contributed by atoms with van der Waals surface area (Å²) >= 11 is 6.16. The number of hydrogen-bond donors (Lipinski definition) is 1. The normalized spacial score (nSPS) is 10.9. The number of imidazole rings is 1. The summed E-state index contributed by atoms with van der Waals surface area (Å²) in [5, 5.41) is 4.38. The maximum atomic E-state index is 6.16. The highest BCUT2D eigenvalue weighted by Gasteiger charge is 2.17. The molecular weight excluding hydrogens is 426 g/mol. The number of fused-ring (bicyclic) bond motifs is 1. The van der Waals surface area contributed by atoms with Crippen LogP contribution >= 0.6 is 11.6 Å². The highest BCUT2D eigenvalue weighted by Crippen LogP contribution is 2.33. The summed E-state index contributed by atoms with van der Waals surface area (Å²) in [4.78, 5) is 4.73. The van der Waals surface area contributed by atoms with E-state index in [2.05, 4.69) is 84.4 Å². The van der Waals surface area contributed by atoms with Crippen molar-refractivity contribution in [3.05, 3.63) is 131 Å². The topological polar surface area (TPSA) is 29.9 Å². The Hall–Kier alpha value is -3.82. The summed E-state index contributed by atoms with van der Waals surface area (Å²) in [6.45, 7) is 4.26. The van der Waals surface area contributed by atoms with Gasteiger partial charge < -0.3 is 5.32 Å². The molecule has 0 fully saturated rings. The first-order chi connectivity index (χ1) is 16.1. The van der Waals surface area contributed by atoms with Gasteiger partial charge in [0, 0.05) is 16.3 Å². The molecule has 33 heavy (non-hydrogen) atoms. The minimum atomic E-state index is 0.705. The van der Waals surface area contributed by atoms with Gasteiger partial charge in [0.1, 0.15) is 12.1 Å².